The average Bonchev–Trinajstić information content (AvgIpc) is 2.38. The Hall–Kier alpha value is -0.910. The number of hydrogen-bond acceptors (Lipinski definition) is 4. The van der Waals surface area contributed by atoms with E-state index < -0.39 is 10.1 Å². The van der Waals surface area contributed by atoms with Gasteiger partial charge in [-0.15, -0.1) is 0 Å². The summed E-state index contributed by atoms with van der Waals surface area (Å²) in [5.74, 6) is 0. The van der Waals surface area contributed by atoms with Gasteiger partial charge in [0.05, 0.1) is 24.7 Å². The number of rotatable bonds is 7. The first-order chi connectivity index (χ1) is 9.47. The summed E-state index contributed by atoms with van der Waals surface area (Å²) in [5, 5.41) is 0. The molecule has 1 fully saturated rings. The molecule has 20 heavy (non-hydrogen) atoms. The number of ether oxygens (including phenoxy) is 1. The first-order valence-corrected chi connectivity index (χ1v) is 8.42. The van der Waals surface area contributed by atoms with Crippen LogP contribution in [0.5, 0.6) is 0 Å². The van der Waals surface area contributed by atoms with E-state index in [0.717, 1.165) is 24.8 Å². The smallest absolute Gasteiger partial charge is 0.296 e. The van der Waals surface area contributed by atoms with E-state index in [2.05, 4.69) is 6.92 Å². The number of hydrogen-bond donors (Lipinski definition) is 0. The summed E-state index contributed by atoms with van der Waals surface area (Å²) in [4.78, 5) is 0.217. The van der Waals surface area contributed by atoms with E-state index in [1.807, 2.05) is 6.92 Å². The van der Waals surface area contributed by atoms with Crippen molar-refractivity contribution >= 4 is 10.1 Å². The van der Waals surface area contributed by atoms with E-state index in [0.29, 0.717) is 13.2 Å². The maximum Gasteiger partial charge on any atom is 0.296 e. The molecule has 0 saturated carbocycles. The molecule has 0 N–H and O–H groups in total. The molecule has 1 aromatic rings. The molecule has 1 heterocycles. The highest BCUT2D eigenvalue weighted by molar-refractivity contribution is 7.86. The lowest BCUT2D eigenvalue weighted by Crippen LogP contribution is -2.46. The van der Waals surface area contributed by atoms with E-state index >= 15 is 0 Å². The minimum atomic E-state index is -3.67. The molecule has 0 aliphatic carbocycles. The highest BCUT2D eigenvalue weighted by atomic mass is 32.2. The second-order valence-corrected chi connectivity index (χ2v) is 7.24. The van der Waals surface area contributed by atoms with Crippen LogP contribution in [0.15, 0.2) is 29.2 Å². The summed E-state index contributed by atoms with van der Waals surface area (Å²) in [6.45, 7) is 5.44. The summed E-state index contributed by atoms with van der Waals surface area (Å²) in [7, 11) is -3.67. The average molecular weight is 298 g/mol. The topological polar surface area (TPSA) is 52.6 Å². The van der Waals surface area contributed by atoms with Crippen LogP contribution in [0.2, 0.25) is 0 Å². The van der Waals surface area contributed by atoms with Crippen molar-refractivity contribution in [2.45, 2.75) is 38.0 Å². The van der Waals surface area contributed by atoms with E-state index in [-0.39, 0.29) is 16.9 Å². The second kappa shape index (κ2) is 6.24. The van der Waals surface area contributed by atoms with E-state index in [1.165, 1.54) is 0 Å². The zero-order valence-corrected chi connectivity index (χ0v) is 12.9. The summed E-state index contributed by atoms with van der Waals surface area (Å²) >= 11 is 0. The predicted octanol–water partition coefficient (Wildman–Crippen LogP) is 2.91. The van der Waals surface area contributed by atoms with Crippen LogP contribution < -0.4 is 0 Å². The number of aryl methyl sites for hydroxylation is 1. The lowest BCUT2D eigenvalue weighted by Gasteiger charge is -2.40. The van der Waals surface area contributed by atoms with Crippen LogP contribution in [0.1, 0.15) is 31.7 Å². The molecule has 0 bridgehead atoms. The minimum Gasteiger partial charge on any atom is -0.380 e. The highest BCUT2D eigenvalue weighted by Crippen LogP contribution is 2.34. The van der Waals surface area contributed by atoms with Crippen molar-refractivity contribution < 1.29 is 17.3 Å². The van der Waals surface area contributed by atoms with Gasteiger partial charge >= 0.3 is 0 Å². The molecule has 112 valence electrons. The largest absolute Gasteiger partial charge is 0.380 e. The van der Waals surface area contributed by atoms with Gasteiger partial charge in [-0.2, -0.15) is 8.42 Å². The van der Waals surface area contributed by atoms with Crippen LogP contribution in [-0.4, -0.2) is 28.2 Å². The standard InChI is InChI=1S/C15H22O4S/c1-3-4-9-15(10-18-11-15)12-19-20(16,17)14-7-5-13(2)6-8-14/h5-8H,3-4,9-12H2,1-2H3. The van der Waals surface area contributed by atoms with Gasteiger partial charge in [0.2, 0.25) is 0 Å². The Kier molecular flexibility index (Phi) is 4.83. The summed E-state index contributed by atoms with van der Waals surface area (Å²) in [6.07, 6.45) is 3.11. The third-order valence-corrected chi connectivity index (χ3v) is 4.98. The second-order valence-electron chi connectivity index (χ2n) is 5.63. The summed E-state index contributed by atoms with van der Waals surface area (Å²) in [5.41, 5.74) is 0.907. The van der Waals surface area contributed by atoms with Crippen LogP contribution in [0.3, 0.4) is 0 Å². The molecule has 0 atom stereocenters. The van der Waals surface area contributed by atoms with Crippen LogP contribution >= 0.6 is 0 Å². The molecule has 5 heteroatoms. The third kappa shape index (κ3) is 3.59. The van der Waals surface area contributed by atoms with Gasteiger partial charge in [0.25, 0.3) is 10.1 Å². The molecular weight excluding hydrogens is 276 g/mol. The van der Waals surface area contributed by atoms with Crippen LogP contribution in [0.4, 0.5) is 0 Å². The Labute approximate surface area is 121 Å². The van der Waals surface area contributed by atoms with E-state index in [9.17, 15) is 8.42 Å². The molecule has 2 rings (SSSR count). The van der Waals surface area contributed by atoms with Crippen LogP contribution in [0.25, 0.3) is 0 Å². The van der Waals surface area contributed by atoms with Crippen molar-refractivity contribution in [3.05, 3.63) is 29.8 Å². The summed E-state index contributed by atoms with van der Waals surface area (Å²) < 4.78 is 34.8. The van der Waals surface area contributed by atoms with Gasteiger partial charge in [0, 0.05) is 5.41 Å². The van der Waals surface area contributed by atoms with Gasteiger partial charge < -0.3 is 4.74 Å². The molecule has 0 radical (unpaired) electrons. The molecule has 0 amide bonds. The Morgan fingerprint density at radius 2 is 1.90 bits per heavy atom. The molecule has 0 spiro atoms. The normalized spacial score (nSPS) is 17.7. The maximum absolute atomic E-state index is 12.1. The van der Waals surface area contributed by atoms with Crippen molar-refractivity contribution in [1.29, 1.82) is 0 Å². The Balaban J connectivity index is 1.99. The minimum absolute atomic E-state index is 0.117. The quantitative estimate of drug-likeness (QED) is 0.726. The van der Waals surface area contributed by atoms with Gasteiger partial charge in [0.15, 0.2) is 0 Å². The van der Waals surface area contributed by atoms with E-state index in [4.69, 9.17) is 8.92 Å². The zero-order valence-electron chi connectivity index (χ0n) is 12.1. The molecule has 0 unspecified atom stereocenters. The Morgan fingerprint density at radius 3 is 2.40 bits per heavy atom. The SMILES string of the molecule is CCCCC1(COS(=O)(=O)c2ccc(C)cc2)COC1. The first kappa shape index (κ1) is 15.5. The fourth-order valence-electron chi connectivity index (χ4n) is 2.22. The Bertz CT molecular complexity index is 529. The molecule has 1 saturated heterocycles. The highest BCUT2D eigenvalue weighted by Gasteiger charge is 2.39. The van der Waals surface area contributed by atoms with Gasteiger partial charge in [-0.25, -0.2) is 0 Å². The van der Waals surface area contributed by atoms with Gasteiger partial charge in [-0.3, -0.25) is 4.18 Å². The predicted molar refractivity (Wildman–Crippen MR) is 77.1 cm³/mol. The molecule has 1 aromatic carbocycles. The third-order valence-electron chi connectivity index (χ3n) is 3.71. The van der Waals surface area contributed by atoms with Gasteiger partial charge in [-0.05, 0) is 25.5 Å². The molecule has 1 aliphatic heterocycles. The zero-order chi connectivity index (χ0) is 14.6. The van der Waals surface area contributed by atoms with E-state index in [1.54, 1.807) is 24.3 Å². The van der Waals surface area contributed by atoms with Crippen LogP contribution in [0, 0.1) is 12.3 Å². The van der Waals surface area contributed by atoms with Crippen molar-refractivity contribution in [3.63, 3.8) is 0 Å². The lowest BCUT2D eigenvalue weighted by molar-refractivity contribution is -0.135. The maximum atomic E-state index is 12.1. The van der Waals surface area contributed by atoms with Crippen molar-refractivity contribution in [2.75, 3.05) is 19.8 Å². The Morgan fingerprint density at radius 1 is 1.25 bits per heavy atom. The fourth-order valence-corrected chi connectivity index (χ4v) is 3.23. The van der Waals surface area contributed by atoms with Gasteiger partial charge in [-0.1, -0.05) is 37.5 Å². The number of unbranched alkanes of at least 4 members (excludes halogenated alkanes) is 1. The molecular formula is C15H22O4S. The fraction of sp³-hybridized carbons (Fsp3) is 0.600. The van der Waals surface area contributed by atoms with Gasteiger partial charge in [0.1, 0.15) is 0 Å². The van der Waals surface area contributed by atoms with Crippen LogP contribution in [-0.2, 0) is 19.0 Å². The van der Waals surface area contributed by atoms with Crippen molar-refractivity contribution in [3.8, 4) is 0 Å². The lowest BCUT2D eigenvalue weighted by atomic mass is 9.82. The monoisotopic (exact) mass is 298 g/mol. The molecule has 1 aliphatic rings. The summed E-state index contributed by atoms with van der Waals surface area (Å²) in [6, 6.07) is 6.71. The first-order valence-electron chi connectivity index (χ1n) is 7.01. The van der Waals surface area contributed by atoms with Crippen molar-refractivity contribution in [2.24, 2.45) is 5.41 Å². The molecule has 4 nitrogen and oxygen atoms in total. The van der Waals surface area contributed by atoms with Crippen molar-refractivity contribution in [1.82, 2.24) is 0 Å². The number of benzene rings is 1. The molecule has 0 aromatic heterocycles.